The van der Waals surface area contributed by atoms with Gasteiger partial charge in [0.25, 0.3) is 0 Å². The van der Waals surface area contributed by atoms with Crippen LogP contribution in [-0.4, -0.2) is 32.9 Å². The van der Waals surface area contributed by atoms with Crippen LogP contribution in [0.3, 0.4) is 0 Å². The van der Waals surface area contributed by atoms with Gasteiger partial charge in [0.2, 0.25) is 0 Å². The fraction of sp³-hybridized carbons (Fsp3) is 0.647. The molecule has 1 saturated carbocycles. The number of rotatable bonds is 4. The Bertz CT molecular complexity index is 451. The van der Waals surface area contributed by atoms with Gasteiger partial charge in [-0.3, -0.25) is 0 Å². The van der Waals surface area contributed by atoms with Gasteiger partial charge in [-0.05, 0) is 43.4 Å². The van der Waals surface area contributed by atoms with Crippen LogP contribution in [0.2, 0.25) is 0 Å². The van der Waals surface area contributed by atoms with Gasteiger partial charge in [0.1, 0.15) is 0 Å². The Morgan fingerprint density at radius 3 is 2.71 bits per heavy atom. The molecular weight excluding hydrogens is 266 g/mol. The summed E-state index contributed by atoms with van der Waals surface area (Å²) in [5, 5.41) is 3.37. The van der Waals surface area contributed by atoms with Crippen LogP contribution in [0.1, 0.15) is 43.8 Å². The van der Waals surface area contributed by atoms with Crippen molar-refractivity contribution in [2.75, 3.05) is 26.8 Å². The monoisotopic (exact) mass is 291 g/mol. The molecule has 1 unspecified atom stereocenters. The standard InChI is InChI=1S/C17H25NO3/c1-19-15-8-7-13(17-12-18-9-10-20-17)11-16(15)21-14-5-3-2-4-6-14/h7-8,11,14,17-18H,2-6,9-10,12H2,1H3. The zero-order valence-electron chi connectivity index (χ0n) is 12.8. The molecule has 0 aromatic heterocycles. The Balaban J connectivity index is 1.75. The van der Waals surface area contributed by atoms with Crippen LogP contribution < -0.4 is 14.8 Å². The van der Waals surface area contributed by atoms with E-state index in [1.807, 2.05) is 6.07 Å². The van der Waals surface area contributed by atoms with Gasteiger partial charge in [0.05, 0.1) is 25.9 Å². The maximum atomic E-state index is 6.21. The van der Waals surface area contributed by atoms with E-state index in [2.05, 4.69) is 17.4 Å². The second-order valence-electron chi connectivity index (χ2n) is 5.85. The molecule has 3 rings (SSSR count). The third-order valence-electron chi connectivity index (χ3n) is 4.33. The predicted octanol–water partition coefficient (Wildman–Crippen LogP) is 3.07. The van der Waals surface area contributed by atoms with Crippen LogP contribution in [0.5, 0.6) is 11.5 Å². The number of morpholine rings is 1. The number of hydrogen-bond donors (Lipinski definition) is 1. The Morgan fingerprint density at radius 1 is 1.14 bits per heavy atom. The number of benzene rings is 1. The molecule has 1 aliphatic heterocycles. The van der Waals surface area contributed by atoms with E-state index in [0.717, 1.165) is 49.6 Å². The summed E-state index contributed by atoms with van der Waals surface area (Å²) >= 11 is 0. The SMILES string of the molecule is COc1ccc(C2CNCCO2)cc1OC1CCCCC1. The molecule has 2 aliphatic rings. The molecule has 1 aromatic carbocycles. The number of methoxy groups -OCH3 is 1. The molecule has 0 spiro atoms. The molecule has 0 bridgehead atoms. The van der Waals surface area contributed by atoms with Crippen molar-refractivity contribution in [2.45, 2.75) is 44.3 Å². The van der Waals surface area contributed by atoms with Crippen LogP contribution in [-0.2, 0) is 4.74 Å². The first-order valence-electron chi connectivity index (χ1n) is 8.04. The highest BCUT2D eigenvalue weighted by Crippen LogP contribution is 2.34. The Morgan fingerprint density at radius 2 is 2.00 bits per heavy atom. The minimum absolute atomic E-state index is 0.110. The first-order chi connectivity index (χ1) is 10.4. The average molecular weight is 291 g/mol. The lowest BCUT2D eigenvalue weighted by molar-refractivity contribution is 0.0273. The van der Waals surface area contributed by atoms with Gasteiger partial charge in [0.15, 0.2) is 11.5 Å². The quantitative estimate of drug-likeness (QED) is 0.925. The second kappa shape index (κ2) is 7.14. The summed E-state index contributed by atoms with van der Waals surface area (Å²) < 4.78 is 17.5. The molecule has 21 heavy (non-hydrogen) atoms. The largest absolute Gasteiger partial charge is 0.493 e. The van der Waals surface area contributed by atoms with E-state index in [1.54, 1.807) is 7.11 Å². The molecule has 1 aliphatic carbocycles. The van der Waals surface area contributed by atoms with Gasteiger partial charge >= 0.3 is 0 Å². The van der Waals surface area contributed by atoms with E-state index in [-0.39, 0.29) is 6.10 Å². The van der Waals surface area contributed by atoms with Crippen molar-refractivity contribution < 1.29 is 14.2 Å². The highest BCUT2D eigenvalue weighted by Gasteiger charge is 2.20. The van der Waals surface area contributed by atoms with Gasteiger partial charge < -0.3 is 19.5 Å². The van der Waals surface area contributed by atoms with Crippen molar-refractivity contribution in [3.63, 3.8) is 0 Å². The van der Waals surface area contributed by atoms with Crippen LogP contribution in [0.15, 0.2) is 18.2 Å². The lowest BCUT2D eigenvalue weighted by atomic mass is 9.97. The predicted molar refractivity (Wildman–Crippen MR) is 82.1 cm³/mol. The maximum Gasteiger partial charge on any atom is 0.161 e. The van der Waals surface area contributed by atoms with Crippen molar-refractivity contribution >= 4 is 0 Å². The Labute approximate surface area is 126 Å². The van der Waals surface area contributed by atoms with Gasteiger partial charge in [-0.15, -0.1) is 0 Å². The minimum atomic E-state index is 0.110. The average Bonchev–Trinajstić information content (AvgIpc) is 2.56. The summed E-state index contributed by atoms with van der Waals surface area (Å²) in [5.74, 6) is 1.67. The zero-order chi connectivity index (χ0) is 14.5. The van der Waals surface area contributed by atoms with Gasteiger partial charge in [0, 0.05) is 13.1 Å². The van der Waals surface area contributed by atoms with Crippen molar-refractivity contribution in [2.24, 2.45) is 0 Å². The Hall–Kier alpha value is -1.26. The first-order valence-corrected chi connectivity index (χ1v) is 8.04. The zero-order valence-corrected chi connectivity index (χ0v) is 12.8. The van der Waals surface area contributed by atoms with E-state index < -0.39 is 0 Å². The lowest BCUT2D eigenvalue weighted by Gasteiger charge is -2.27. The summed E-state index contributed by atoms with van der Waals surface area (Å²) in [4.78, 5) is 0. The Kier molecular flexibility index (Phi) is 4.99. The van der Waals surface area contributed by atoms with E-state index in [0.29, 0.717) is 6.10 Å². The molecular formula is C17H25NO3. The fourth-order valence-corrected chi connectivity index (χ4v) is 3.13. The van der Waals surface area contributed by atoms with Gasteiger partial charge in [-0.1, -0.05) is 12.5 Å². The van der Waals surface area contributed by atoms with Crippen LogP contribution in [0.4, 0.5) is 0 Å². The highest BCUT2D eigenvalue weighted by atomic mass is 16.5. The van der Waals surface area contributed by atoms with Crippen LogP contribution >= 0.6 is 0 Å². The molecule has 0 amide bonds. The normalized spacial score (nSPS) is 23.8. The fourth-order valence-electron chi connectivity index (χ4n) is 3.13. The molecule has 1 atom stereocenters. The molecule has 0 radical (unpaired) electrons. The smallest absolute Gasteiger partial charge is 0.161 e. The topological polar surface area (TPSA) is 39.7 Å². The van der Waals surface area contributed by atoms with Crippen molar-refractivity contribution in [3.05, 3.63) is 23.8 Å². The molecule has 4 nitrogen and oxygen atoms in total. The molecule has 116 valence electrons. The number of hydrogen-bond acceptors (Lipinski definition) is 4. The van der Waals surface area contributed by atoms with E-state index >= 15 is 0 Å². The highest BCUT2D eigenvalue weighted by molar-refractivity contribution is 5.44. The van der Waals surface area contributed by atoms with Crippen LogP contribution in [0, 0.1) is 0 Å². The number of nitrogens with one attached hydrogen (secondary N) is 1. The summed E-state index contributed by atoms with van der Waals surface area (Å²) in [7, 11) is 1.70. The second-order valence-corrected chi connectivity index (χ2v) is 5.85. The third-order valence-corrected chi connectivity index (χ3v) is 4.33. The summed E-state index contributed by atoms with van der Waals surface area (Å²) in [5.41, 5.74) is 1.16. The molecule has 1 aromatic rings. The van der Waals surface area contributed by atoms with Gasteiger partial charge in [-0.25, -0.2) is 0 Å². The van der Waals surface area contributed by atoms with Crippen molar-refractivity contribution in [3.8, 4) is 11.5 Å². The first kappa shape index (κ1) is 14.7. The molecule has 1 saturated heterocycles. The van der Waals surface area contributed by atoms with E-state index in [4.69, 9.17) is 14.2 Å². The van der Waals surface area contributed by atoms with Crippen molar-refractivity contribution in [1.82, 2.24) is 5.32 Å². The molecule has 1 N–H and O–H groups in total. The third kappa shape index (κ3) is 3.69. The summed E-state index contributed by atoms with van der Waals surface area (Å²) in [6, 6.07) is 6.15. The van der Waals surface area contributed by atoms with Crippen molar-refractivity contribution in [1.29, 1.82) is 0 Å². The summed E-state index contributed by atoms with van der Waals surface area (Å²) in [6.45, 7) is 2.54. The van der Waals surface area contributed by atoms with Gasteiger partial charge in [-0.2, -0.15) is 0 Å². The van der Waals surface area contributed by atoms with E-state index in [1.165, 1.54) is 19.3 Å². The molecule has 1 heterocycles. The molecule has 4 heteroatoms. The maximum absolute atomic E-state index is 6.21. The van der Waals surface area contributed by atoms with Crippen LogP contribution in [0.25, 0.3) is 0 Å². The molecule has 2 fully saturated rings. The summed E-state index contributed by atoms with van der Waals surface area (Å²) in [6.07, 6.45) is 6.60. The lowest BCUT2D eigenvalue weighted by Crippen LogP contribution is -2.33. The number of ether oxygens (including phenoxy) is 3. The minimum Gasteiger partial charge on any atom is -0.493 e. The van der Waals surface area contributed by atoms with E-state index in [9.17, 15) is 0 Å².